The normalized spacial score (nSPS) is 13.3. The first-order valence-electron chi connectivity index (χ1n) is 11.4. The summed E-state index contributed by atoms with van der Waals surface area (Å²) in [6.45, 7) is 13.4. The first kappa shape index (κ1) is 24.3. The lowest BCUT2D eigenvalue weighted by Crippen LogP contribution is -2.43. The van der Waals surface area contributed by atoms with Crippen LogP contribution in [0.5, 0.6) is 5.75 Å². The third-order valence-electron chi connectivity index (χ3n) is 6.54. The number of aryl methyl sites for hydroxylation is 1. The lowest BCUT2D eigenvalue weighted by Gasteiger charge is -2.36. The van der Waals surface area contributed by atoms with Crippen molar-refractivity contribution >= 4 is 31.1 Å². The fraction of sp³-hybridized carbons (Fsp3) is 0.346. The molecular formula is C26H32N4O2SSi. The van der Waals surface area contributed by atoms with Gasteiger partial charge >= 0.3 is 0 Å². The molecule has 0 aliphatic carbocycles. The van der Waals surface area contributed by atoms with Crippen LogP contribution in [-0.4, -0.2) is 27.6 Å². The Bertz CT molecular complexity index is 1370. The fourth-order valence-electron chi connectivity index (χ4n) is 3.45. The van der Waals surface area contributed by atoms with Gasteiger partial charge in [0.25, 0.3) is 5.56 Å². The molecule has 2 heterocycles. The summed E-state index contributed by atoms with van der Waals surface area (Å²) in [5.41, 5.74) is 2.38. The van der Waals surface area contributed by atoms with Crippen molar-refractivity contribution in [1.29, 1.82) is 0 Å². The number of fused-ring (bicyclic) bond motifs is 1. The van der Waals surface area contributed by atoms with E-state index in [4.69, 9.17) is 9.41 Å². The molecule has 0 aliphatic rings. The van der Waals surface area contributed by atoms with Crippen LogP contribution in [0, 0.1) is 0 Å². The molecule has 1 unspecified atom stereocenters. The Morgan fingerprint density at radius 1 is 1.06 bits per heavy atom. The van der Waals surface area contributed by atoms with Gasteiger partial charge in [0.1, 0.15) is 11.1 Å². The smallest absolute Gasteiger partial charge is 0.269 e. The molecule has 0 amide bonds. The highest BCUT2D eigenvalue weighted by Crippen LogP contribution is 2.39. The minimum atomic E-state index is -1.94. The summed E-state index contributed by atoms with van der Waals surface area (Å²) in [5, 5.41) is 5.57. The molecule has 0 bridgehead atoms. The van der Waals surface area contributed by atoms with Gasteiger partial charge in [-0.3, -0.25) is 14.0 Å². The van der Waals surface area contributed by atoms with E-state index in [2.05, 4.69) is 58.0 Å². The van der Waals surface area contributed by atoms with Crippen molar-refractivity contribution in [3.05, 3.63) is 76.7 Å². The molecule has 0 saturated carbocycles. The third-order valence-corrected chi connectivity index (χ3v) is 12.0. The molecule has 0 radical (unpaired) electrons. The van der Waals surface area contributed by atoms with Gasteiger partial charge in [0.05, 0.1) is 11.9 Å². The van der Waals surface area contributed by atoms with Gasteiger partial charge < -0.3 is 4.43 Å². The number of thioether (sulfide) groups is 1. The van der Waals surface area contributed by atoms with Gasteiger partial charge in [0, 0.05) is 12.3 Å². The molecule has 0 fully saturated rings. The summed E-state index contributed by atoms with van der Waals surface area (Å²) in [5.74, 6) is 0.895. The average molecular weight is 493 g/mol. The number of hydrogen-bond acceptors (Lipinski definition) is 5. The molecule has 2 aromatic heterocycles. The van der Waals surface area contributed by atoms with E-state index in [0.717, 1.165) is 17.0 Å². The van der Waals surface area contributed by atoms with Crippen molar-refractivity contribution in [2.24, 2.45) is 7.05 Å². The fourth-order valence-corrected chi connectivity index (χ4v) is 5.51. The highest BCUT2D eigenvalue weighted by molar-refractivity contribution is 7.99. The lowest BCUT2D eigenvalue weighted by molar-refractivity contribution is 0.491. The summed E-state index contributed by atoms with van der Waals surface area (Å²) in [4.78, 5) is 18.3. The van der Waals surface area contributed by atoms with Crippen LogP contribution in [0.15, 0.2) is 70.7 Å². The molecule has 0 spiro atoms. The zero-order valence-electron chi connectivity index (χ0n) is 20.9. The zero-order valence-corrected chi connectivity index (χ0v) is 22.7. The molecule has 6 nitrogen and oxygen atoms in total. The number of aromatic nitrogens is 4. The predicted octanol–water partition coefficient (Wildman–Crippen LogP) is 6.36. The summed E-state index contributed by atoms with van der Waals surface area (Å²) in [7, 11) is -0.135. The predicted molar refractivity (Wildman–Crippen MR) is 143 cm³/mol. The first-order chi connectivity index (χ1) is 16.0. The number of nitrogens with zero attached hydrogens (tertiary/aromatic N) is 4. The van der Waals surface area contributed by atoms with Crippen LogP contribution in [-0.2, 0) is 7.05 Å². The Hall–Kier alpha value is -2.84. The Morgan fingerprint density at radius 3 is 2.44 bits per heavy atom. The highest BCUT2D eigenvalue weighted by Gasteiger charge is 2.39. The summed E-state index contributed by atoms with van der Waals surface area (Å²) >= 11 is 1.56. The Labute approximate surface area is 206 Å². The van der Waals surface area contributed by atoms with Crippen molar-refractivity contribution in [3.8, 4) is 11.4 Å². The van der Waals surface area contributed by atoms with Crippen LogP contribution >= 0.6 is 11.8 Å². The molecular weight excluding hydrogens is 460 g/mol. The first-order valence-corrected chi connectivity index (χ1v) is 15.2. The second kappa shape index (κ2) is 9.07. The monoisotopic (exact) mass is 492 g/mol. The number of para-hydroxylation sites is 1. The number of rotatable bonds is 6. The third kappa shape index (κ3) is 4.70. The maximum Gasteiger partial charge on any atom is 0.269 e. The maximum atomic E-state index is 13.4. The van der Waals surface area contributed by atoms with Crippen LogP contribution in [0.2, 0.25) is 18.1 Å². The molecule has 1 atom stereocenters. The van der Waals surface area contributed by atoms with Gasteiger partial charge in [-0.15, -0.1) is 0 Å². The van der Waals surface area contributed by atoms with Crippen LogP contribution in [0.3, 0.4) is 0 Å². The van der Waals surface area contributed by atoms with Crippen molar-refractivity contribution in [2.45, 2.75) is 56.2 Å². The van der Waals surface area contributed by atoms with Crippen LogP contribution in [0.4, 0.5) is 0 Å². The largest absolute Gasteiger partial charge is 0.543 e. The summed E-state index contributed by atoms with van der Waals surface area (Å²) in [6, 6.07) is 17.9. The van der Waals surface area contributed by atoms with Gasteiger partial charge in [-0.2, -0.15) is 5.10 Å². The zero-order chi connectivity index (χ0) is 24.7. The standard InChI is InChI=1S/C26H32N4O2SSi/c1-18(19-12-11-15-21(16-19)32-34(6,7)26(2,3)4)33-25-28-23-22(17-27-29(23)5)24(31)30(25)20-13-9-8-10-14-20/h8-18H,1-7H3. The molecule has 4 rings (SSSR count). The molecule has 34 heavy (non-hydrogen) atoms. The van der Waals surface area contributed by atoms with E-state index in [1.807, 2.05) is 42.5 Å². The van der Waals surface area contributed by atoms with E-state index in [0.29, 0.717) is 16.2 Å². The number of hydrogen-bond donors (Lipinski definition) is 0. The SMILES string of the molecule is CC(Sc1nc2c(cnn2C)c(=O)n1-c1ccccc1)c1cccc(O[Si](C)(C)C(C)(C)C)c1. The molecule has 8 heteroatoms. The molecule has 4 aromatic rings. The van der Waals surface area contributed by atoms with Crippen LogP contribution in [0.25, 0.3) is 16.7 Å². The minimum Gasteiger partial charge on any atom is -0.543 e. The lowest BCUT2D eigenvalue weighted by atomic mass is 10.1. The molecule has 0 aliphatic heterocycles. The maximum absolute atomic E-state index is 13.4. The second-order valence-corrected chi connectivity index (χ2v) is 16.1. The Kier molecular flexibility index (Phi) is 6.48. The van der Waals surface area contributed by atoms with Crippen molar-refractivity contribution in [3.63, 3.8) is 0 Å². The minimum absolute atomic E-state index is 0.0514. The van der Waals surface area contributed by atoms with E-state index < -0.39 is 8.32 Å². The van der Waals surface area contributed by atoms with E-state index in [1.165, 1.54) is 0 Å². The van der Waals surface area contributed by atoms with E-state index in [1.54, 1.807) is 34.3 Å². The van der Waals surface area contributed by atoms with Gasteiger partial charge in [-0.1, -0.05) is 62.9 Å². The van der Waals surface area contributed by atoms with Crippen LogP contribution in [0.1, 0.15) is 38.5 Å². The van der Waals surface area contributed by atoms with Crippen molar-refractivity contribution < 1.29 is 4.43 Å². The molecule has 0 N–H and O–H groups in total. The van der Waals surface area contributed by atoms with Crippen LogP contribution < -0.4 is 9.99 Å². The number of benzene rings is 2. The van der Waals surface area contributed by atoms with Crippen molar-refractivity contribution in [2.75, 3.05) is 0 Å². The Morgan fingerprint density at radius 2 is 1.76 bits per heavy atom. The molecule has 178 valence electrons. The summed E-state index contributed by atoms with van der Waals surface area (Å²) < 4.78 is 9.86. The summed E-state index contributed by atoms with van der Waals surface area (Å²) in [6.07, 6.45) is 1.59. The van der Waals surface area contributed by atoms with E-state index in [-0.39, 0.29) is 15.8 Å². The van der Waals surface area contributed by atoms with Gasteiger partial charge in [-0.05, 0) is 54.9 Å². The quantitative estimate of drug-likeness (QED) is 0.178. The molecule has 0 saturated heterocycles. The van der Waals surface area contributed by atoms with E-state index >= 15 is 0 Å². The topological polar surface area (TPSA) is 61.9 Å². The van der Waals surface area contributed by atoms with Gasteiger partial charge in [0.2, 0.25) is 8.32 Å². The second-order valence-electron chi connectivity index (χ2n) is 10.1. The van der Waals surface area contributed by atoms with Gasteiger partial charge in [-0.25, -0.2) is 4.98 Å². The average Bonchev–Trinajstić information content (AvgIpc) is 3.14. The van der Waals surface area contributed by atoms with E-state index in [9.17, 15) is 4.79 Å². The van der Waals surface area contributed by atoms with Crippen molar-refractivity contribution in [1.82, 2.24) is 19.3 Å². The molecule has 2 aromatic carbocycles. The Balaban J connectivity index is 1.72. The highest BCUT2D eigenvalue weighted by atomic mass is 32.2. The van der Waals surface area contributed by atoms with Gasteiger partial charge in [0.15, 0.2) is 10.8 Å².